The number of nitrogens with zero attached hydrogens (tertiary/aromatic N) is 2. The standard InChI is InChI=1S/C7H7ClN2O4/c1-4-2-10(8)7(14)9(6(4)13)3-5(11)12/h2H,3H2,1H3,(H,11,12). The first-order valence-corrected chi connectivity index (χ1v) is 3.98. The molecule has 0 aromatic carbocycles. The zero-order chi connectivity index (χ0) is 10.9. The van der Waals surface area contributed by atoms with Crippen molar-refractivity contribution in [3.8, 4) is 0 Å². The number of aliphatic carboxylic acids is 1. The minimum absolute atomic E-state index is 0.209. The second-order valence-corrected chi connectivity index (χ2v) is 3.06. The molecule has 0 aliphatic heterocycles. The summed E-state index contributed by atoms with van der Waals surface area (Å²) in [5.74, 6) is -1.27. The lowest BCUT2D eigenvalue weighted by atomic mass is 10.4. The summed E-state index contributed by atoms with van der Waals surface area (Å²) in [5, 5.41) is 8.45. The lowest BCUT2D eigenvalue weighted by molar-refractivity contribution is -0.137. The number of rotatable bonds is 2. The molecule has 1 heterocycles. The summed E-state index contributed by atoms with van der Waals surface area (Å²) in [6.45, 7) is 0.755. The van der Waals surface area contributed by atoms with E-state index < -0.39 is 23.8 Å². The fourth-order valence-electron chi connectivity index (χ4n) is 0.970. The normalized spacial score (nSPS) is 10.1. The molecule has 0 unspecified atom stereocenters. The SMILES string of the molecule is Cc1cn(Cl)c(=O)n(CC(=O)O)c1=O. The highest BCUT2D eigenvalue weighted by Gasteiger charge is 2.10. The smallest absolute Gasteiger partial charge is 0.346 e. The lowest BCUT2D eigenvalue weighted by Gasteiger charge is -2.03. The molecule has 0 amide bonds. The Morgan fingerprint density at radius 1 is 1.57 bits per heavy atom. The third-order valence-corrected chi connectivity index (χ3v) is 1.84. The van der Waals surface area contributed by atoms with E-state index >= 15 is 0 Å². The van der Waals surface area contributed by atoms with Crippen molar-refractivity contribution in [1.82, 2.24) is 8.65 Å². The summed E-state index contributed by atoms with van der Waals surface area (Å²) >= 11 is 5.43. The van der Waals surface area contributed by atoms with Gasteiger partial charge in [-0.15, -0.1) is 0 Å². The Kier molecular flexibility index (Phi) is 2.76. The summed E-state index contributed by atoms with van der Waals surface area (Å²) in [7, 11) is 0. The van der Waals surface area contributed by atoms with Gasteiger partial charge in [-0.2, -0.15) is 0 Å². The van der Waals surface area contributed by atoms with Crippen LogP contribution in [0.4, 0.5) is 0 Å². The van der Waals surface area contributed by atoms with Crippen LogP contribution in [0, 0.1) is 6.92 Å². The van der Waals surface area contributed by atoms with Gasteiger partial charge in [0.25, 0.3) is 5.56 Å². The second kappa shape index (κ2) is 3.67. The molecule has 1 N–H and O–H groups in total. The van der Waals surface area contributed by atoms with Gasteiger partial charge in [-0.1, -0.05) is 0 Å². The van der Waals surface area contributed by atoms with Crippen molar-refractivity contribution in [2.45, 2.75) is 13.5 Å². The van der Waals surface area contributed by atoms with Gasteiger partial charge in [0, 0.05) is 23.5 Å². The predicted molar refractivity (Wildman–Crippen MR) is 48.6 cm³/mol. The van der Waals surface area contributed by atoms with Crippen LogP contribution in [0.5, 0.6) is 0 Å². The summed E-state index contributed by atoms with van der Waals surface area (Å²) in [5.41, 5.74) is -1.29. The minimum atomic E-state index is -1.27. The van der Waals surface area contributed by atoms with E-state index in [9.17, 15) is 14.4 Å². The third-order valence-electron chi connectivity index (χ3n) is 1.60. The van der Waals surface area contributed by atoms with Crippen LogP contribution in [-0.2, 0) is 11.3 Å². The van der Waals surface area contributed by atoms with Gasteiger partial charge in [-0.25, -0.2) is 13.4 Å². The van der Waals surface area contributed by atoms with Crippen LogP contribution >= 0.6 is 11.8 Å². The van der Waals surface area contributed by atoms with Crippen molar-refractivity contribution < 1.29 is 9.90 Å². The van der Waals surface area contributed by atoms with Gasteiger partial charge in [0.15, 0.2) is 0 Å². The van der Waals surface area contributed by atoms with Crippen LogP contribution in [0.15, 0.2) is 15.8 Å². The molecule has 14 heavy (non-hydrogen) atoms. The Morgan fingerprint density at radius 3 is 2.64 bits per heavy atom. The van der Waals surface area contributed by atoms with Gasteiger partial charge in [0.1, 0.15) is 6.54 Å². The molecule has 0 bridgehead atoms. The van der Waals surface area contributed by atoms with Gasteiger partial charge >= 0.3 is 11.7 Å². The Balaban J connectivity index is 3.48. The average molecular weight is 219 g/mol. The van der Waals surface area contributed by atoms with E-state index in [0.717, 1.165) is 6.20 Å². The fourth-order valence-corrected chi connectivity index (χ4v) is 1.21. The summed E-state index contributed by atoms with van der Waals surface area (Å²) in [6.07, 6.45) is 1.14. The van der Waals surface area contributed by atoms with E-state index in [1.807, 2.05) is 0 Å². The van der Waals surface area contributed by atoms with Crippen molar-refractivity contribution >= 4 is 17.7 Å². The largest absolute Gasteiger partial charge is 0.480 e. The molecule has 0 aliphatic carbocycles. The molecule has 0 fully saturated rings. The quantitative estimate of drug-likeness (QED) is 0.719. The molecule has 1 aromatic rings. The monoisotopic (exact) mass is 218 g/mol. The summed E-state index contributed by atoms with van der Waals surface area (Å²) in [4.78, 5) is 32.9. The number of hydrogen-bond donors (Lipinski definition) is 1. The highest BCUT2D eigenvalue weighted by Crippen LogP contribution is 1.88. The first kappa shape index (κ1) is 10.5. The minimum Gasteiger partial charge on any atom is -0.480 e. The Labute approximate surface area is 83.1 Å². The molecule has 6 nitrogen and oxygen atoms in total. The predicted octanol–water partition coefficient (Wildman–Crippen LogP) is -0.595. The molecular formula is C7H7ClN2O4. The van der Waals surface area contributed by atoms with E-state index in [0.29, 0.717) is 8.65 Å². The number of aryl methyl sites for hydroxylation is 1. The molecule has 0 radical (unpaired) electrons. The van der Waals surface area contributed by atoms with Crippen molar-refractivity contribution in [2.24, 2.45) is 0 Å². The van der Waals surface area contributed by atoms with E-state index in [4.69, 9.17) is 16.9 Å². The molecule has 0 saturated heterocycles. The fraction of sp³-hybridized carbons (Fsp3) is 0.286. The lowest BCUT2D eigenvalue weighted by Crippen LogP contribution is -2.40. The van der Waals surface area contributed by atoms with Crippen LogP contribution in [0.2, 0.25) is 0 Å². The first-order chi connectivity index (χ1) is 6.43. The van der Waals surface area contributed by atoms with Gasteiger partial charge in [0.05, 0.1) is 0 Å². The van der Waals surface area contributed by atoms with Crippen LogP contribution in [0.1, 0.15) is 5.56 Å². The van der Waals surface area contributed by atoms with E-state index in [1.54, 1.807) is 0 Å². The second-order valence-electron chi connectivity index (χ2n) is 2.69. The maximum atomic E-state index is 11.3. The third kappa shape index (κ3) is 1.85. The van der Waals surface area contributed by atoms with Gasteiger partial charge in [0.2, 0.25) is 0 Å². The van der Waals surface area contributed by atoms with Crippen molar-refractivity contribution in [1.29, 1.82) is 0 Å². The van der Waals surface area contributed by atoms with Gasteiger partial charge in [-0.05, 0) is 6.92 Å². The molecule has 76 valence electrons. The number of carboxylic acid groups (broad SMARTS) is 1. The number of halogens is 1. The Morgan fingerprint density at radius 2 is 2.14 bits per heavy atom. The maximum absolute atomic E-state index is 11.3. The highest BCUT2D eigenvalue weighted by atomic mass is 35.5. The molecule has 0 aliphatic rings. The summed E-state index contributed by atoms with van der Waals surface area (Å²) < 4.78 is 1.21. The number of carbonyl (C=O) groups is 1. The molecule has 1 aromatic heterocycles. The summed E-state index contributed by atoms with van der Waals surface area (Å²) in [6, 6.07) is 0. The topological polar surface area (TPSA) is 81.3 Å². The molecule has 1 rings (SSSR count). The van der Waals surface area contributed by atoms with Crippen LogP contribution in [-0.4, -0.2) is 19.7 Å². The Bertz CT molecular complexity index is 453. The molecule has 0 saturated carbocycles. The van der Waals surface area contributed by atoms with Crippen molar-refractivity contribution in [3.63, 3.8) is 0 Å². The van der Waals surface area contributed by atoms with E-state index in [2.05, 4.69) is 0 Å². The van der Waals surface area contributed by atoms with Gasteiger partial charge < -0.3 is 5.11 Å². The van der Waals surface area contributed by atoms with Gasteiger partial charge in [-0.3, -0.25) is 9.59 Å². The molecule has 7 heteroatoms. The highest BCUT2D eigenvalue weighted by molar-refractivity contribution is 6.15. The average Bonchev–Trinajstić information content (AvgIpc) is 2.09. The van der Waals surface area contributed by atoms with Crippen molar-refractivity contribution in [2.75, 3.05) is 0 Å². The zero-order valence-corrected chi connectivity index (χ0v) is 7.98. The van der Waals surface area contributed by atoms with E-state index in [1.165, 1.54) is 6.92 Å². The van der Waals surface area contributed by atoms with E-state index in [-0.39, 0.29) is 5.56 Å². The Hall–Kier alpha value is -1.56. The maximum Gasteiger partial charge on any atom is 0.346 e. The number of carboxylic acids is 1. The van der Waals surface area contributed by atoms with Crippen molar-refractivity contribution in [3.05, 3.63) is 32.6 Å². The van der Waals surface area contributed by atoms with Crippen LogP contribution < -0.4 is 11.2 Å². The number of aromatic nitrogens is 2. The zero-order valence-electron chi connectivity index (χ0n) is 7.23. The van der Waals surface area contributed by atoms with Crippen LogP contribution in [0.3, 0.4) is 0 Å². The van der Waals surface area contributed by atoms with Crippen LogP contribution in [0.25, 0.3) is 0 Å². The number of hydrogen-bond acceptors (Lipinski definition) is 3. The first-order valence-electron chi connectivity index (χ1n) is 3.64. The molecular weight excluding hydrogens is 212 g/mol. The molecule has 0 atom stereocenters. The molecule has 0 spiro atoms.